The van der Waals surface area contributed by atoms with Crippen molar-refractivity contribution in [3.05, 3.63) is 12.7 Å². The Morgan fingerprint density at radius 2 is 1.82 bits per heavy atom. The topological polar surface area (TPSA) is 46.3 Å². The van der Waals surface area contributed by atoms with Crippen LogP contribution in [0.1, 0.15) is 32.1 Å². The Kier molecular flexibility index (Phi) is 6.74. The summed E-state index contributed by atoms with van der Waals surface area (Å²) in [6.45, 7) is 2.19. The highest BCUT2D eigenvalue weighted by atomic mass is 35.5. The second kappa shape index (κ2) is 7.68. The zero-order valence-corrected chi connectivity index (χ0v) is 13.3. The average molecular weight is 341 g/mol. The van der Waals surface area contributed by atoms with E-state index in [2.05, 4.69) is 6.58 Å². The molecule has 2 atom stereocenters. The number of nitrogens with two attached hydrogens (primary N) is 1. The highest BCUT2D eigenvalue weighted by molar-refractivity contribution is 5.85. The number of hydrogen-bond donors (Lipinski definition) is 1. The lowest BCUT2D eigenvalue weighted by atomic mass is 9.65. The van der Waals surface area contributed by atoms with Crippen molar-refractivity contribution in [3.63, 3.8) is 0 Å². The quantitative estimate of drug-likeness (QED) is 0.799. The maximum Gasteiger partial charge on any atom is 0.406 e. The minimum atomic E-state index is -4.38. The summed E-state index contributed by atoms with van der Waals surface area (Å²) < 4.78 is 37.8. The maximum absolute atomic E-state index is 12.6. The summed E-state index contributed by atoms with van der Waals surface area (Å²) in [6, 6.07) is 0.110. The van der Waals surface area contributed by atoms with Gasteiger partial charge in [0.2, 0.25) is 5.91 Å². The number of carbonyl (C=O) groups excluding carboxylic acids is 1. The molecule has 7 heteroatoms. The van der Waals surface area contributed by atoms with Crippen molar-refractivity contribution in [2.45, 2.75) is 44.3 Å². The summed E-state index contributed by atoms with van der Waals surface area (Å²) in [7, 11) is 0. The molecule has 0 heterocycles. The largest absolute Gasteiger partial charge is 0.406 e. The Morgan fingerprint density at radius 3 is 2.27 bits per heavy atom. The Hall–Kier alpha value is -0.750. The van der Waals surface area contributed by atoms with E-state index in [0.29, 0.717) is 12.8 Å². The molecule has 2 aliphatic rings. The van der Waals surface area contributed by atoms with Gasteiger partial charge in [-0.05, 0) is 37.5 Å². The van der Waals surface area contributed by atoms with Gasteiger partial charge >= 0.3 is 6.18 Å². The molecule has 2 bridgehead atoms. The standard InChI is InChI=1S/C15H23F3N2O.ClH/c1-2-6-20(9-15(16,17)18)14(21)12-7-10-4-3-5-11(8-12)13(10)19;/h2,10-13H,1,3-9,19H2;1H. The molecular weight excluding hydrogens is 317 g/mol. The van der Waals surface area contributed by atoms with Crippen LogP contribution in [0.2, 0.25) is 0 Å². The summed E-state index contributed by atoms with van der Waals surface area (Å²) in [4.78, 5) is 13.3. The Bertz CT molecular complexity index is 389. The van der Waals surface area contributed by atoms with Crippen LogP contribution in [0, 0.1) is 17.8 Å². The molecule has 2 unspecified atom stereocenters. The minimum absolute atomic E-state index is 0. The first-order chi connectivity index (χ1) is 9.81. The summed E-state index contributed by atoms with van der Waals surface area (Å²) in [6.07, 6.45) is 1.32. The molecule has 0 aromatic rings. The van der Waals surface area contributed by atoms with Gasteiger partial charge in [-0.2, -0.15) is 13.2 Å². The van der Waals surface area contributed by atoms with Crippen molar-refractivity contribution in [3.8, 4) is 0 Å². The van der Waals surface area contributed by atoms with Gasteiger partial charge in [-0.1, -0.05) is 12.5 Å². The lowest BCUT2D eigenvalue weighted by molar-refractivity contribution is -0.164. The third kappa shape index (κ3) is 4.62. The van der Waals surface area contributed by atoms with Crippen molar-refractivity contribution in [1.29, 1.82) is 0 Å². The highest BCUT2D eigenvalue weighted by Gasteiger charge is 2.43. The average Bonchev–Trinajstić information content (AvgIpc) is 2.35. The van der Waals surface area contributed by atoms with E-state index in [1.165, 1.54) is 6.08 Å². The number of carbonyl (C=O) groups is 1. The van der Waals surface area contributed by atoms with Gasteiger partial charge < -0.3 is 10.6 Å². The van der Waals surface area contributed by atoms with Gasteiger partial charge in [-0.25, -0.2) is 0 Å². The fraction of sp³-hybridized carbons (Fsp3) is 0.800. The monoisotopic (exact) mass is 340 g/mol. The predicted molar refractivity (Wildman–Crippen MR) is 81.6 cm³/mol. The zero-order chi connectivity index (χ0) is 15.6. The van der Waals surface area contributed by atoms with Crippen molar-refractivity contribution >= 4 is 18.3 Å². The molecule has 128 valence electrons. The van der Waals surface area contributed by atoms with Gasteiger partial charge in [0.1, 0.15) is 6.54 Å². The van der Waals surface area contributed by atoms with E-state index in [9.17, 15) is 18.0 Å². The van der Waals surface area contributed by atoms with Crippen LogP contribution in [-0.2, 0) is 4.79 Å². The molecule has 22 heavy (non-hydrogen) atoms. The molecule has 0 aliphatic heterocycles. The molecule has 0 radical (unpaired) electrons. The van der Waals surface area contributed by atoms with E-state index >= 15 is 0 Å². The first-order valence-corrected chi connectivity index (χ1v) is 7.54. The summed E-state index contributed by atoms with van der Waals surface area (Å²) in [5.41, 5.74) is 6.16. The molecule has 3 nitrogen and oxygen atoms in total. The van der Waals surface area contributed by atoms with Gasteiger partial charge in [0.15, 0.2) is 0 Å². The Morgan fingerprint density at radius 1 is 1.27 bits per heavy atom. The molecule has 0 saturated heterocycles. The molecule has 2 saturated carbocycles. The molecule has 2 fully saturated rings. The first-order valence-electron chi connectivity index (χ1n) is 7.54. The second-order valence-electron chi connectivity index (χ2n) is 6.32. The fourth-order valence-corrected chi connectivity index (χ4v) is 3.85. The number of hydrogen-bond acceptors (Lipinski definition) is 2. The van der Waals surface area contributed by atoms with Gasteiger partial charge in [0.25, 0.3) is 0 Å². The van der Waals surface area contributed by atoms with Crippen LogP contribution in [-0.4, -0.2) is 36.1 Å². The number of fused-ring (bicyclic) bond motifs is 2. The molecule has 2 aliphatic carbocycles. The Labute approximate surface area is 135 Å². The smallest absolute Gasteiger partial charge is 0.330 e. The number of halogens is 4. The molecule has 0 aromatic heterocycles. The van der Waals surface area contributed by atoms with Crippen LogP contribution in [0.15, 0.2) is 12.7 Å². The van der Waals surface area contributed by atoms with Crippen molar-refractivity contribution in [2.24, 2.45) is 23.5 Å². The number of nitrogens with zero attached hydrogens (tertiary/aromatic N) is 1. The number of amides is 1. The highest BCUT2D eigenvalue weighted by Crippen LogP contribution is 2.42. The van der Waals surface area contributed by atoms with Crippen LogP contribution in [0.25, 0.3) is 0 Å². The van der Waals surface area contributed by atoms with E-state index in [1.807, 2.05) is 0 Å². The summed E-state index contributed by atoms with van der Waals surface area (Å²) >= 11 is 0. The number of alkyl halides is 3. The van der Waals surface area contributed by atoms with Crippen LogP contribution >= 0.6 is 12.4 Å². The first kappa shape index (κ1) is 19.3. The molecule has 0 spiro atoms. The zero-order valence-electron chi connectivity index (χ0n) is 12.5. The molecule has 2 N–H and O–H groups in total. The van der Waals surface area contributed by atoms with Crippen LogP contribution in [0.3, 0.4) is 0 Å². The van der Waals surface area contributed by atoms with Crippen molar-refractivity contribution in [2.75, 3.05) is 13.1 Å². The van der Waals surface area contributed by atoms with E-state index in [1.54, 1.807) is 0 Å². The Balaban J connectivity index is 0.00000242. The van der Waals surface area contributed by atoms with Crippen LogP contribution < -0.4 is 5.73 Å². The summed E-state index contributed by atoms with van der Waals surface area (Å²) in [5, 5.41) is 0. The van der Waals surface area contributed by atoms with E-state index in [-0.39, 0.29) is 42.7 Å². The second-order valence-corrected chi connectivity index (χ2v) is 6.32. The van der Waals surface area contributed by atoms with Crippen LogP contribution in [0.5, 0.6) is 0 Å². The molecule has 2 rings (SSSR count). The third-order valence-electron chi connectivity index (χ3n) is 4.79. The van der Waals surface area contributed by atoms with Gasteiger partial charge in [0.05, 0.1) is 0 Å². The molecule has 0 aromatic carbocycles. The van der Waals surface area contributed by atoms with E-state index < -0.39 is 18.6 Å². The maximum atomic E-state index is 12.6. The van der Waals surface area contributed by atoms with E-state index in [4.69, 9.17) is 5.73 Å². The van der Waals surface area contributed by atoms with Crippen LogP contribution in [0.4, 0.5) is 13.2 Å². The minimum Gasteiger partial charge on any atom is -0.330 e. The lowest BCUT2D eigenvalue weighted by Crippen LogP contribution is -2.50. The van der Waals surface area contributed by atoms with Gasteiger partial charge in [-0.3, -0.25) is 4.79 Å². The van der Waals surface area contributed by atoms with Gasteiger partial charge in [0, 0.05) is 18.5 Å². The van der Waals surface area contributed by atoms with Gasteiger partial charge in [-0.15, -0.1) is 19.0 Å². The van der Waals surface area contributed by atoms with Crippen molar-refractivity contribution < 1.29 is 18.0 Å². The SMILES string of the molecule is C=CCN(CC(F)(F)F)C(=O)C1CC2CCCC(C1)C2N.Cl. The summed E-state index contributed by atoms with van der Waals surface area (Å²) in [5.74, 6) is -0.149. The lowest BCUT2D eigenvalue weighted by Gasteiger charge is -2.44. The van der Waals surface area contributed by atoms with E-state index in [0.717, 1.165) is 24.2 Å². The fourth-order valence-electron chi connectivity index (χ4n) is 3.85. The third-order valence-corrected chi connectivity index (χ3v) is 4.79. The van der Waals surface area contributed by atoms with Crippen molar-refractivity contribution in [1.82, 2.24) is 4.90 Å². The molecule has 1 amide bonds. The normalized spacial score (nSPS) is 31.1. The number of rotatable bonds is 4. The molecular formula is C15H24ClF3N2O. The predicted octanol–water partition coefficient (Wildman–Crippen LogP) is 3.14.